The van der Waals surface area contributed by atoms with Crippen LogP contribution < -0.4 is 10.1 Å². The average Bonchev–Trinajstić information content (AvgIpc) is 2.98. The number of aryl methyl sites for hydroxylation is 2. The number of aromatic nitrogens is 1. The van der Waals surface area contributed by atoms with Gasteiger partial charge in [-0.25, -0.2) is 8.78 Å². The Morgan fingerprint density at radius 3 is 2.70 bits per heavy atom. The molecular formula is C19H15ClF2N2O3. The average molecular weight is 393 g/mol. The van der Waals surface area contributed by atoms with Gasteiger partial charge in [-0.1, -0.05) is 22.8 Å². The summed E-state index contributed by atoms with van der Waals surface area (Å²) in [5.74, 6) is -1.87. The molecule has 8 heteroatoms. The molecule has 0 bridgehead atoms. The number of hydrogen-bond acceptors (Lipinski definition) is 4. The zero-order valence-corrected chi connectivity index (χ0v) is 15.2. The van der Waals surface area contributed by atoms with Crippen LogP contribution in [0.15, 0.2) is 40.9 Å². The molecule has 0 fully saturated rings. The first-order chi connectivity index (χ1) is 12.8. The fourth-order valence-corrected chi connectivity index (χ4v) is 2.52. The first-order valence-electron chi connectivity index (χ1n) is 7.95. The van der Waals surface area contributed by atoms with E-state index in [4.69, 9.17) is 20.9 Å². The van der Waals surface area contributed by atoms with E-state index >= 15 is 0 Å². The lowest BCUT2D eigenvalue weighted by Crippen LogP contribution is -2.15. The summed E-state index contributed by atoms with van der Waals surface area (Å²) in [7, 11) is 0. The van der Waals surface area contributed by atoms with Gasteiger partial charge in [-0.2, -0.15) is 0 Å². The first kappa shape index (κ1) is 18.8. The second-order valence-corrected chi connectivity index (χ2v) is 6.25. The second kappa shape index (κ2) is 7.75. The van der Waals surface area contributed by atoms with Gasteiger partial charge in [0.2, 0.25) is 0 Å². The van der Waals surface area contributed by atoms with E-state index in [9.17, 15) is 13.6 Å². The minimum absolute atomic E-state index is 0.00622. The molecule has 3 rings (SSSR count). The van der Waals surface area contributed by atoms with Crippen molar-refractivity contribution in [2.45, 2.75) is 20.5 Å². The molecule has 2 aromatic carbocycles. The van der Waals surface area contributed by atoms with E-state index in [1.54, 1.807) is 25.1 Å². The lowest BCUT2D eigenvalue weighted by Gasteiger charge is -2.09. The van der Waals surface area contributed by atoms with Crippen LogP contribution in [0.3, 0.4) is 0 Å². The van der Waals surface area contributed by atoms with Crippen molar-refractivity contribution in [3.05, 3.63) is 75.6 Å². The molecule has 0 atom stereocenters. The van der Waals surface area contributed by atoms with Crippen LogP contribution in [0.5, 0.6) is 5.75 Å². The van der Waals surface area contributed by atoms with Gasteiger partial charge < -0.3 is 14.6 Å². The van der Waals surface area contributed by atoms with E-state index in [0.29, 0.717) is 28.1 Å². The Morgan fingerprint density at radius 1 is 1.22 bits per heavy atom. The molecule has 0 saturated heterocycles. The molecule has 0 aliphatic heterocycles. The van der Waals surface area contributed by atoms with Gasteiger partial charge in [-0.3, -0.25) is 4.79 Å². The Balaban J connectivity index is 1.77. The zero-order chi connectivity index (χ0) is 19.6. The molecule has 1 N–H and O–H groups in total. The van der Waals surface area contributed by atoms with Crippen LogP contribution in [0.4, 0.5) is 14.5 Å². The number of nitrogens with one attached hydrogen (secondary N) is 1. The molecule has 1 amide bonds. The Bertz CT molecular complexity index is 1000. The van der Waals surface area contributed by atoms with Crippen molar-refractivity contribution in [1.82, 2.24) is 5.16 Å². The molecule has 0 aliphatic rings. The molecule has 5 nitrogen and oxygen atoms in total. The summed E-state index contributed by atoms with van der Waals surface area (Å²) < 4.78 is 37.1. The molecule has 0 saturated carbocycles. The molecule has 0 spiro atoms. The van der Waals surface area contributed by atoms with Gasteiger partial charge >= 0.3 is 0 Å². The fraction of sp³-hybridized carbons (Fsp3) is 0.158. The molecule has 0 aliphatic carbocycles. The molecule has 0 radical (unpaired) electrons. The predicted molar refractivity (Wildman–Crippen MR) is 96.1 cm³/mol. The summed E-state index contributed by atoms with van der Waals surface area (Å²) in [6.45, 7) is 3.28. The third-order valence-electron chi connectivity index (χ3n) is 3.90. The lowest BCUT2D eigenvalue weighted by molar-refractivity contribution is 0.101. The van der Waals surface area contributed by atoms with E-state index < -0.39 is 17.5 Å². The topological polar surface area (TPSA) is 64.4 Å². The minimum atomic E-state index is -0.843. The summed E-state index contributed by atoms with van der Waals surface area (Å²) in [4.78, 5) is 12.5. The first-order valence-corrected chi connectivity index (χ1v) is 8.33. The van der Waals surface area contributed by atoms with Gasteiger partial charge in [0.25, 0.3) is 5.91 Å². The maximum Gasteiger partial charge on any atom is 0.278 e. The van der Waals surface area contributed by atoms with Crippen molar-refractivity contribution < 1.29 is 22.8 Å². The lowest BCUT2D eigenvalue weighted by atomic mass is 10.2. The van der Waals surface area contributed by atoms with Gasteiger partial charge in [0, 0.05) is 16.8 Å². The number of hydrogen-bond donors (Lipinski definition) is 1. The van der Waals surface area contributed by atoms with Crippen molar-refractivity contribution in [1.29, 1.82) is 0 Å². The number of halogens is 3. The fourth-order valence-electron chi connectivity index (χ4n) is 2.34. The summed E-state index contributed by atoms with van der Waals surface area (Å²) in [5.41, 5.74) is 1.73. The number of amides is 1. The van der Waals surface area contributed by atoms with E-state index in [2.05, 4.69) is 10.5 Å². The summed E-state index contributed by atoms with van der Waals surface area (Å²) in [5, 5.41) is 6.93. The molecule has 27 heavy (non-hydrogen) atoms. The smallest absolute Gasteiger partial charge is 0.278 e. The quantitative estimate of drug-likeness (QED) is 0.659. The molecular weight excluding hydrogens is 378 g/mol. The summed E-state index contributed by atoms with van der Waals surface area (Å²) in [6, 6.07) is 8.05. The highest BCUT2D eigenvalue weighted by Gasteiger charge is 2.21. The minimum Gasteiger partial charge on any atom is -0.486 e. The maximum atomic E-state index is 13.7. The van der Waals surface area contributed by atoms with Crippen LogP contribution in [0.2, 0.25) is 5.02 Å². The normalized spacial score (nSPS) is 10.7. The third-order valence-corrected chi connectivity index (χ3v) is 4.30. The number of benzene rings is 2. The number of carbonyl (C=O) groups is 1. The van der Waals surface area contributed by atoms with Crippen LogP contribution in [0, 0.1) is 25.5 Å². The second-order valence-electron chi connectivity index (χ2n) is 5.85. The Hall–Kier alpha value is -2.93. The molecule has 0 unspecified atom stereocenters. The summed E-state index contributed by atoms with van der Waals surface area (Å²) >= 11 is 6.05. The Morgan fingerprint density at radius 2 is 2.00 bits per heavy atom. The van der Waals surface area contributed by atoms with Crippen LogP contribution in [-0.4, -0.2) is 11.1 Å². The summed E-state index contributed by atoms with van der Waals surface area (Å²) in [6.07, 6.45) is 0. The van der Waals surface area contributed by atoms with Crippen molar-refractivity contribution in [2.24, 2.45) is 0 Å². The number of rotatable bonds is 5. The van der Waals surface area contributed by atoms with Crippen molar-refractivity contribution in [3.63, 3.8) is 0 Å². The molecule has 1 aromatic heterocycles. The maximum absolute atomic E-state index is 13.7. The van der Waals surface area contributed by atoms with Gasteiger partial charge in [-0.05, 0) is 43.7 Å². The van der Waals surface area contributed by atoms with Crippen LogP contribution in [-0.2, 0) is 6.61 Å². The highest BCUT2D eigenvalue weighted by Crippen LogP contribution is 2.23. The van der Waals surface area contributed by atoms with Gasteiger partial charge in [0.15, 0.2) is 17.3 Å². The van der Waals surface area contributed by atoms with Crippen LogP contribution in [0.25, 0.3) is 0 Å². The van der Waals surface area contributed by atoms with E-state index in [1.807, 2.05) is 6.92 Å². The highest BCUT2D eigenvalue weighted by molar-refractivity contribution is 6.31. The van der Waals surface area contributed by atoms with Crippen molar-refractivity contribution in [2.75, 3.05) is 5.32 Å². The Kier molecular flexibility index (Phi) is 5.41. The molecule has 1 heterocycles. The van der Waals surface area contributed by atoms with E-state index in [-0.39, 0.29) is 18.1 Å². The van der Waals surface area contributed by atoms with Gasteiger partial charge in [-0.15, -0.1) is 0 Å². The monoisotopic (exact) mass is 392 g/mol. The SMILES string of the molecule is Cc1ccc(NC(=O)c2noc(C)c2COc2ccc(F)cc2F)cc1Cl. The number of carbonyl (C=O) groups excluding carboxylic acids is 1. The van der Waals surface area contributed by atoms with Crippen LogP contribution >= 0.6 is 11.6 Å². The van der Waals surface area contributed by atoms with Crippen molar-refractivity contribution >= 4 is 23.2 Å². The van der Waals surface area contributed by atoms with Gasteiger partial charge in [0.1, 0.15) is 18.2 Å². The van der Waals surface area contributed by atoms with Gasteiger partial charge in [0.05, 0.1) is 5.56 Å². The Labute approximate surface area is 158 Å². The third kappa shape index (κ3) is 4.25. The number of anilines is 1. The number of nitrogens with zero attached hydrogens (tertiary/aromatic N) is 1. The standard InChI is InChI=1S/C19H15ClF2N2O3/c1-10-3-5-13(8-15(10)20)23-19(25)18-14(11(2)27-24-18)9-26-17-6-4-12(21)7-16(17)22/h3-8H,9H2,1-2H3,(H,23,25). The predicted octanol–water partition coefficient (Wildman–Crippen LogP) is 5.05. The van der Waals surface area contributed by atoms with E-state index in [1.165, 1.54) is 6.07 Å². The molecule has 140 valence electrons. The zero-order valence-electron chi connectivity index (χ0n) is 14.5. The van der Waals surface area contributed by atoms with Crippen LogP contribution in [0.1, 0.15) is 27.4 Å². The molecule has 3 aromatic rings. The largest absolute Gasteiger partial charge is 0.486 e. The number of ether oxygens (including phenoxy) is 1. The highest BCUT2D eigenvalue weighted by atomic mass is 35.5. The van der Waals surface area contributed by atoms with E-state index in [0.717, 1.165) is 11.6 Å². The van der Waals surface area contributed by atoms with Crippen molar-refractivity contribution in [3.8, 4) is 5.75 Å².